The van der Waals surface area contributed by atoms with Crippen LogP contribution in [0, 0.1) is 0 Å². The lowest BCUT2D eigenvalue weighted by atomic mass is 9.96. The highest BCUT2D eigenvalue weighted by Gasteiger charge is 2.27. The fourth-order valence-electron chi connectivity index (χ4n) is 2.95. The molecule has 0 heterocycles. The van der Waals surface area contributed by atoms with Crippen LogP contribution in [-0.2, 0) is 4.79 Å². The van der Waals surface area contributed by atoms with Crippen molar-refractivity contribution in [2.45, 2.75) is 64.0 Å². The zero-order valence-electron chi connectivity index (χ0n) is 14.0. The Hall–Kier alpha value is -1.88. The van der Waals surface area contributed by atoms with E-state index in [-0.39, 0.29) is 11.8 Å². The highest BCUT2D eigenvalue weighted by molar-refractivity contribution is 5.98. The van der Waals surface area contributed by atoms with Gasteiger partial charge in [0.25, 0.3) is 5.91 Å². The molecule has 0 spiro atoms. The highest BCUT2D eigenvalue weighted by Crippen LogP contribution is 2.19. The fraction of sp³-hybridized carbons (Fsp3) is 0.556. The second-order valence-corrected chi connectivity index (χ2v) is 6.65. The quantitative estimate of drug-likeness (QED) is 0.754. The van der Waals surface area contributed by atoms with Crippen molar-refractivity contribution < 1.29 is 9.59 Å². The molecule has 1 saturated carbocycles. The van der Waals surface area contributed by atoms with E-state index in [1.807, 2.05) is 6.92 Å². The minimum Gasteiger partial charge on any atom is -0.349 e. The molecule has 0 aliphatic heterocycles. The standard InChI is InChI=1S/C18H27N3O2/c1-3-12-18(2,19)17(23)21-15-10-8-13(9-11-15)16(22)20-14-6-4-5-7-14/h8-11,14H,3-7,12,19H2,1-2H3,(H,20,22)(H,21,23). The van der Waals surface area contributed by atoms with Gasteiger partial charge in [0.1, 0.15) is 0 Å². The Morgan fingerprint density at radius 1 is 1.22 bits per heavy atom. The highest BCUT2D eigenvalue weighted by atomic mass is 16.2. The van der Waals surface area contributed by atoms with E-state index in [0.29, 0.717) is 23.7 Å². The average Bonchev–Trinajstić information content (AvgIpc) is 3.00. The first-order chi connectivity index (χ1) is 10.9. The molecule has 23 heavy (non-hydrogen) atoms. The molecule has 4 N–H and O–H groups in total. The monoisotopic (exact) mass is 317 g/mol. The van der Waals surface area contributed by atoms with E-state index in [9.17, 15) is 9.59 Å². The van der Waals surface area contributed by atoms with Crippen LogP contribution >= 0.6 is 0 Å². The molecule has 5 nitrogen and oxygen atoms in total. The number of carbonyl (C=O) groups excluding carboxylic acids is 2. The molecular weight excluding hydrogens is 290 g/mol. The van der Waals surface area contributed by atoms with Crippen LogP contribution in [0.5, 0.6) is 0 Å². The summed E-state index contributed by atoms with van der Waals surface area (Å²) in [5.74, 6) is -0.257. The molecule has 2 amide bonds. The summed E-state index contributed by atoms with van der Waals surface area (Å²) in [6, 6.07) is 7.24. The number of hydrogen-bond donors (Lipinski definition) is 3. The third-order valence-corrected chi connectivity index (χ3v) is 4.38. The summed E-state index contributed by atoms with van der Waals surface area (Å²) >= 11 is 0. The maximum Gasteiger partial charge on any atom is 0.251 e. The van der Waals surface area contributed by atoms with Crippen LogP contribution in [0.3, 0.4) is 0 Å². The largest absolute Gasteiger partial charge is 0.349 e. The van der Waals surface area contributed by atoms with E-state index in [1.165, 1.54) is 12.8 Å². The first kappa shape index (κ1) is 17.5. The minimum atomic E-state index is -0.882. The predicted octanol–water partition coefficient (Wildman–Crippen LogP) is 2.82. The fourth-order valence-corrected chi connectivity index (χ4v) is 2.95. The topological polar surface area (TPSA) is 84.2 Å². The summed E-state index contributed by atoms with van der Waals surface area (Å²) in [5.41, 5.74) is 6.39. The maximum absolute atomic E-state index is 12.2. The van der Waals surface area contributed by atoms with Crippen LogP contribution in [0.2, 0.25) is 0 Å². The third-order valence-electron chi connectivity index (χ3n) is 4.38. The molecule has 1 aliphatic carbocycles. The van der Waals surface area contributed by atoms with Gasteiger partial charge in [0.2, 0.25) is 5.91 Å². The predicted molar refractivity (Wildman–Crippen MR) is 92.3 cm³/mol. The molecule has 126 valence electrons. The summed E-state index contributed by atoms with van der Waals surface area (Å²) in [5, 5.41) is 5.86. The Morgan fingerprint density at radius 2 is 1.83 bits per heavy atom. The second-order valence-electron chi connectivity index (χ2n) is 6.65. The first-order valence-corrected chi connectivity index (χ1v) is 8.43. The molecule has 1 atom stereocenters. The molecular formula is C18H27N3O2. The molecule has 0 aromatic heterocycles. The first-order valence-electron chi connectivity index (χ1n) is 8.43. The van der Waals surface area contributed by atoms with Crippen LogP contribution in [-0.4, -0.2) is 23.4 Å². The number of amides is 2. The van der Waals surface area contributed by atoms with Gasteiger partial charge in [-0.05, 0) is 50.5 Å². The van der Waals surface area contributed by atoms with Crippen LogP contribution in [0.1, 0.15) is 62.7 Å². The van der Waals surface area contributed by atoms with E-state index in [4.69, 9.17) is 5.73 Å². The van der Waals surface area contributed by atoms with E-state index < -0.39 is 5.54 Å². The van der Waals surface area contributed by atoms with Crippen LogP contribution in [0.4, 0.5) is 5.69 Å². The van der Waals surface area contributed by atoms with Gasteiger partial charge >= 0.3 is 0 Å². The van der Waals surface area contributed by atoms with Gasteiger partial charge in [0.15, 0.2) is 0 Å². The normalized spacial score (nSPS) is 17.5. The molecule has 0 saturated heterocycles. The number of hydrogen-bond acceptors (Lipinski definition) is 3. The van der Waals surface area contributed by atoms with Crippen molar-refractivity contribution in [1.82, 2.24) is 5.32 Å². The van der Waals surface area contributed by atoms with Gasteiger partial charge in [0, 0.05) is 17.3 Å². The summed E-state index contributed by atoms with van der Waals surface area (Å²) < 4.78 is 0. The van der Waals surface area contributed by atoms with Crippen molar-refractivity contribution in [3.63, 3.8) is 0 Å². The van der Waals surface area contributed by atoms with Crippen molar-refractivity contribution in [2.75, 3.05) is 5.32 Å². The lowest BCUT2D eigenvalue weighted by Crippen LogP contribution is -2.48. The maximum atomic E-state index is 12.2. The number of rotatable bonds is 6. The van der Waals surface area contributed by atoms with Crippen molar-refractivity contribution in [3.05, 3.63) is 29.8 Å². The Morgan fingerprint density at radius 3 is 2.39 bits per heavy atom. The molecule has 5 heteroatoms. The minimum absolute atomic E-state index is 0.0515. The van der Waals surface area contributed by atoms with Gasteiger partial charge in [-0.1, -0.05) is 26.2 Å². The van der Waals surface area contributed by atoms with E-state index >= 15 is 0 Å². The Balaban J connectivity index is 1.93. The molecule has 1 unspecified atom stereocenters. The average molecular weight is 317 g/mol. The summed E-state index contributed by atoms with van der Waals surface area (Å²) in [6.45, 7) is 3.73. The van der Waals surface area contributed by atoms with Crippen molar-refractivity contribution in [1.29, 1.82) is 0 Å². The van der Waals surface area contributed by atoms with Crippen LogP contribution < -0.4 is 16.4 Å². The van der Waals surface area contributed by atoms with Gasteiger partial charge in [0.05, 0.1) is 5.54 Å². The van der Waals surface area contributed by atoms with Gasteiger partial charge in [-0.25, -0.2) is 0 Å². The lowest BCUT2D eigenvalue weighted by molar-refractivity contribution is -0.120. The van der Waals surface area contributed by atoms with E-state index in [2.05, 4.69) is 10.6 Å². The van der Waals surface area contributed by atoms with Gasteiger partial charge in [-0.2, -0.15) is 0 Å². The summed E-state index contributed by atoms with van der Waals surface area (Å²) in [4.78, 5) is 24.3. The summed E-state index contributed by atoms with van der Waals surface area (Å²) in [7, 11) is 0. The van der Waals surface area contributed by atoms with Gasteiger partial charge < -0.3 is 16.4 Å². The Bertz CT molecular complexity index is 546. The van der Waals surface area contributed by atoms with Crippen LogP contribution in [0.15, 0.2) is 24.3 Å². The van der Waals surface area contributed by atoms with Gasteiger partial charge in [-0.3, -0.25) is 9.59 Å². The van der Waals surface area contributed by atoms with Crippen molar-refractivity contribution >= 4 is 17.5 Å². The third kappa shape index (κ3) is 4.79. The van der Waals surface area contributed by atoms with Gasteiger partial charge in [-0.15, -0.1) is 0 Å². The molecule has 1 fully saturated rings. The van der Waals surface area contributed by atoms with E-state index in [1.54, 1.807) is 31.2 Å². The SMILES string of the molecule is CCCC(C)(N)C(=O)Nc1ccc(C(=O)NC2CCCC2)cc1. The number of benzene rings is 1. The molecule has 1 aliphatic rings. The molecule has 0 bridgehead atoms. The molecule has 0 radical (unpaired) electrons. The number of carbonyl (C=O) groups is 2. The zero-order chi connectivity index (χ0) is 16.9. The lowest BCUT2D eigenvalue weighted by Gasteiger charge is -2.22. The number of nitrogens with two attached hydrogens (primary N) is 1. The molecule has 1 aromatic carbocycles. The Labute approximate surface area is 138 Å². The second kappa shape index (κ2) is 7.59. The Kier molecular flexibility index (Phi) is 5.77. The molecule has 2 rings (SSSR count). The van der Waals surface area contributed by atoms with Crippen LogP contribution in [0.25, 0.3) is 0 Å². The van der Waals surface area contributed by atoms with Crippen molar-refractivity contribution in [2.24, 2.45) is 5.73 Å². The molecule has 1 aromatic rings. The smallest absolute Gasteiger partial charge is 0.251 e. The zero-order valence-corrected chi connectivity index (χ0v) is 14.0. The number of nitrogens with one attached hydrogen (secondary N) is 2. The number of anilines is 1. The van der Waals surface area contributed by atoms with Crippen molar-refractivity contribution in [3.8, 4) is 0 Å². The summed E-state index contributed by atoms with van der Waals surface area (Å²) in [6.07, 6.45) is 5.97. The van der Waals surface area contributed by atoms with E-state index in [0.717, 1.165) is 19.3 Å².